The molecule has 1 N–H and O–H groups in total. The average Bonchev–Trinajstić information content (AvgIpc) is 2.66. The zero-order valence-corrected chi connectivity index (χ0v) is 19.2. The second-order valence-corrected chi connectivity index (χ2v) is 8.85. The van der Waals surface area contributed by atoms with Crippen LogP contribution < -0.4 is 10.1 Å². The maximum Gasteiger partial charge on any atom is 0.158 e. The second kappa shape index (κ2) is 9.47. The van der Waals surface area contributed by atoms with Crippen molar-refractivity contribution >= 4 is 5.78 Å². The minimum absolute atomic E-state index is 0.0480. The van der Waals surface area contributed by atoms with Gasteiger partial charge in [0.05, 0.1) is 7.11 Å². The Hall–Kier alpha value is -2.29. The highest BCUT2D eigenvalue weighted by molar-refractivity contribution is 5.97. The van der Waals surface area contributed by atoms with E-state index in [0.717, 1.165) is 47.4 Å². The number of ketones is 1. The van der Waals surface area contributed by atoms with Gasteiger partial charge in [0.1, 0.15) is 5.75 Å². The lowest BCUT2D eigenvalue weighted by molar-refractivity contribution is -0.113. The van der Waals surface area contributed by atoms with Crippen molar-refractivity contribution in [1.29, 1.82) is 0 Å². The number of hydrogen-bond donors (Lipinski definition) is 1. The van der Waals surface area contributed by atoms with E-state index in [1.54, 1.807) is 14.0 Å². The van der Waals surface area contributed by atoms with Crippen molar-refractivity contribution in [3.8, 4) is 5.75 Å². The molecule has 0 saturated carbocycles. The highest BCUT2D eigenvalue weighted by Gasteiger charge is 2.39. The van der Waals surface area contributed by atoms with Crippen LogP contribution in [0.15, 0.2) is 59.0 Å². The molecule has 1 aliphatic heterocycles. The zero-order valence-electron chi connectivity index (χ0n) is 19.2. The summed E-state index contributed by atoms with van der Waals surface area (Å²) in [5, 5.41) is 3.60. The van der Waals surface area contributed by atoms with Crippen LogP contribution in [0.1, 0.15) is 78.7 Å². The first-order valence-electron chi connectivity index (χ1n) is 10.7. The Bertz CT molecular complexity index is 825. The van der Waals surface area contributed by atoms with Crippen molar-refractivity contribution in [1.82, 2.24) is 5.32 Å². The van der Waals surface area contributed by atoms with Gasteiger partial charge in [-0.1, -0.05) is 59.8 Å². The number of carbonyl (C=O) groups is 1. The third kappa shape index (κ3) is 5.01. The fourth-order valence-electron chi connectivity index (χ4n) is 4.40. The van der Waals surface area contributed by atoms with E-state index in [-0.39, 0.29) is 17.1 Å². The summed E-state index contributed by atoms with van der Waals surface area (Å²) >= 11 is 0. The number of allylic oxidation sites excluding steroid dienone is 5. The largest absolute Gasteiger partial charge is 0.497 e. The molecule has 158 valence electrons. The van der Waals surface area contributed by atoms with Crippen molar-refractivity contribution in [3.63, 3.8) is 0 Å². The van der Waals surface area contributed by atoms with E-state index in [1.807, 2.05) is 12.1 Å². The maximum atomic E-state index is 12.6. The zero-order chi connectivity index (χ0) is 21.8. The van der Waals surface area contributed by atoms with Crippen LogP contribution in [0, 0.1) is 5.41 Å². The average molecular weight is 396 g/mol. The molecular formula is C26H37NO2. The standard InChI is InChI=1S/C23H29NO2.C3H8/c1-7-18-21(15(3)25)22(16-8-10-17(26-6)11-9-16)20-14(2)12-23(4,5)13-19(20)24-18;1-3-2/h8-11,22,24H,2,7,12-13H2,1,3-6H3;3H2,1-2H3. The predicted octanol–water partition coefficient (Wildman–Crippen LogP) is 6.68. The van der Waals surface area contributed by atoms with Gasteiger partial charge in [0.2, 0.25) is 0 Å². The molecule has 1 unspecified atom stereocenters. The topological polar surface area (TPSA) is 38.3 Å². The molecule has 29 heavy (non-hydrogen) atoms. The number of hydrogen-bond acceptors (Lipinski definition) is 3. The Balaban J connectivity index is 0.000000941. The fourth-order valence-corrected chi connectivity index (χ4v) is 4.40. The van der Waals surface area contributed by atoms with Gasteiger partial charge in [0.25, 0.3) is 0 Å². The molecule has 0 bridgehead atoms. The molecule has 0 spiro atoms. The van der Waals surface area contributed by atoms with E-state index >= 15 is 0 Å². The molecule has 1 atom stereocenters. The van der Waals surface area contributed by atoms with Crippen LogP contribution in [0.5, 0.6) is 5.75 Å². The molecule has 3 rings (SSSR count). The van der Waals surface area contributed by atoms with Gasteiger partial charge in [-0.25, -0.2) is 0 Å². The molecular weight excluding hydrogens is 358 g/mol. The summed E-state index contributed by atoms with van der Waals surface area (Å²) in [6, 6.07) is 8.08. The lowest BCUT2D eigenvalue weighted by Crippen LogP contribution is -2.35. The number of ether oxygens (including phenoxy) is 1. The second-order valence-electron chi connectivity index (χ2n) is 8.85. The summed E-state index contributed by atoms with van der Waals surface area (Å²) in [4.78, 5) is 12.6. The van der Waals surface area contributed by atoms with Crippen LogP contribution in [0.2, 0.25) is 0 Å². The number of Topliss-reactive ketones (excluding diaryl/α,β-unsaturated/α-hetero) is 1. The Morgan fingerprint density at radius 3 is 2.24 bits per heavy atom. The summed E-state index contributed by atoms with van der Waals surface area (Å²) in [6.45, 7) is 17.0. The molecule has 3 nitrogen and oxygen atoms in total. The van der Waals surface area contributed by atoms with Crippen molar-refractivity contribution < 1.29 is 9.53 Å². The molecule has 1 aromatic rings. The molecule has 3 heteroatoms. The molecule has 1 aromatic carbocycles. The van der Waals surface area contributed by atoms with Crippen LogP contribution in [-0.4, -0.2) is 12.9 Å². The van der Waals surface area contributed by atoms with Gasteiger partial charge in [0.15, 0.2) is 5.78 Å². The Morgan fingerprint density at radius 1 is 1.17 bits per heavy atom. The van der Waals surface area contributed by atoms with E-state index in [2.05, 4.69) is 58.6 Å². The number of dihydropyridines is 1. The van der Waals surface area contributed by atoms with Gasteiger partial charge in [-0.2, -0.15) is 0 Å². The first kappa shape index (κ1) is 23.0. The number of benzene rings is 1. The van der Waals surface area contributed by atoms with E-state index in [9.17, 15) is 4.79 Å². The van der Waals surface area contributed by atoms with Gasteiger partial charge < -0.3 is 10.1 Å². The van der Waals surface area contributed by atoms with Crippen molar-refractivity contribution in [2.75, 3.05) is 7.11 Å². The van der Waals surface area contributed by atoms with Crippen LogP contribution in [0.3, 0.4) is 0 Å². The van der Waals surface area contributed by atoms with Gasteiger partial charge in [-0.05, 0) is 60.4 Å². The Kier molecular flexibility index (Phi) is 7.51. The number of rotatable bonds is 4. The number of carbonyl (C=O) groups excluding carboxylic acids is 1. The first-order valence-corrected chi connectivity index (χ1v) is 10.7. The van der Waals surface area contributed by atoms with Crippen LogP contribution in [0.4, 0.5) is 0 Å². The normalized spacial score (nSPS) is 20.4. The van der Waals surface area contributed by atoms with Crippen LogP contribution in [-0.2, 0) is 4.79 Å². The Labute approximate surface area is 176 Å². The predicted molar refractivity (Wildman–Crippen MR) is 122 cm³/mol. The van der Waals surface area contributed by atoms with Crippen LogP contribution in [0.25, 0.3) is 0 Å². The smallest absolute Gasteiger partial charge is 0.158 e. The summed E-state index contributed by atoms with van der Waals surface area (Å²) in [6.07, 6.45) is 3.99. The van der Waals surface area contributed by atoms with Crippen molar-refractivity contribution in [2.45, 2.75) is 73.1 Å². The lowest BCUT2D eigenvalue weighted by Gasteiger charge is -2.42. The summed E-state index contributed by atoms with van der Waals surface area (Å²) in [5.74, 6) is 0.900. The molecule has 1 aliphatic carbocycles. The quantitative estimate of drug-likeness (QED) is 0.618. The van der Waals surface area contributed by atoms with Crippen LogP contribution >= 0.6 is 0 Å². The number of nitrogens with one attached hydrogen (secondary N) is 1. The highest BCUT2D eigenvalue weighted by Crippen LogP contribution is 2.50. The summed E-state index contributed by atoms with van der Waals surface area (Å²) in [7, 11) is 1.67. The number of methoxy groups -OCH3 is 1. The summed E-state index contributed by atoms with van der Waals surface area (Å²) in [5.41, 5.74) is 6.79. The molecule has 2 aliphatic rings. The first-order chi connectivity index (χ1) is 13.7. The van der Waals surface area contributed by atoms with E-state index in [0.29, 0.717) is 0 Å². The third-order valence-electron chi connectivity index (χ3n) is 5.44. The van der Waals surface area contributed by atoms with Crippen molar-refractivity contribution in [2.24, 2.45) is 5.41 Å². The lowest BCUT2D eigenvalue weighted by atomic mass is 9.67. The molecule has 0 amide bonds. The summed E-state index contributed by atoms with van der Waals surface area (Å²) < 4.78 is 5.31. The van der Waals surface area contributed by atoms with Gasteiger partial charge >= 0.3 is 0 Å². The van der Waals surface area contributed by atoms with E-state index < -0.39 is 0 Å². The highest BCUT2D eigenvalue weighted by atomic mass is 16.5. The minimum atomic E-state index is -0.0480. The molecule has 0 saturated heterocycles. The van der Waals surface area contributed by atoms with Gasteiger partial charge in [-0.3, -0.25) is 4.79 Å². The minimum Gasteiger partial charge on any atom is -0.497 e. The monoisotopic (exact) mass is 395 g/mol. The fraction of sp³-hybridized carbons (Fsp3) is 0.500. The van der Waals surface area contributed by atoms with Crippen molar-refractivity contribution in [3.05, 3.63) is 64.5 Å². The third-order valence-corrected chi connectivity index (χ3v) is 5.44. The Morgan fingerprint density at radius 2 is 1.76 bits per heavy atom. The van der Waals surface area contributed by atoms with E-state index in [4.69, 9.17) is 4.74 Å². The van der Waals surface area contributed by atoms with E-state index in [1.165, 1.54) is 17.7 Å². The SMILES string of the molecule is C=C1CC(C)(C)CC2=C1C(c1ccc(OC)cc1)C(C(C)=O)=C(CC)N2.CCC. The maximum absolute atomic E-state index is 12.6. The molecule has 0 aromatic heterocycles. The molecule has 1 heterocycles. The molecule has 0 fully saturated rings. The molecule has 0 radical (unpaired) electrons. The van der Waals surface area contributed by atoms with Gasteiger partial charge in [0, 0.05) is 22.9 Å². The van der Waals surface area contributed by atoms with Gasteiger partial charge in [-0.15, -0.1) is 0 Å².